The van der Waals surface area contributed by atoms with Crippen LogP contribution in [0, 0.1) is 13.8 Å². The maximum absolute atomic E-state index is 12.5. The van der Waals surface area contributed by atoms with E-state index in [0.29, 0.717) is 36.7 Å². The summed E-state index contributed by atoms with van der Waals surface area (Å²) in [6.45, 7) is 14.2. The molecule has 2 aliphatic rings. The summed E-state index contributed by atoms with van der Waals surface area (Å²) in [5.74, 6) is 0.0674. The van der Waals surface area contributed by atoms with Gasteiger partial charge in [0, 0.05) is 103 Å². The Hall–Kier alpha value is -5.80. The van der Waals surface area contributed by atoms with Crippen LogP contribution in [0.5, 0.6) is 0 Å². The van der Waals surface area contributed by atoms with E-state index in [1.165, 1.54) is 13.8 Å². The van der Waals surface area contributed by atoms with E-state index in [9.17, 15) is 29.1 Å². The Bertz CT molecular complexity index is 3230. The fraction of sp³-hybridized carbons (Fsp3) is 0.364. The van der Waals surface area contributed by atoms with E-state index in [1.807, 2.05) is 74.5 Å². The molecule has 8 rings (SSSR count). The molecule has 83 heavy (non-hydrogen) atoms. The minimum absolute atomic E-state index is 0.0132. The summed E-state index contributed by atoms with van der Waals surface area (Å²) in [6.07, 6.45) is 5.09. The van der Waals surface area contributed by atoms with Crippen LogP contribution in [0.3, 0.4) is 0 Å². The van der Waals surface area contributed by atoms with Crippen LogP contribution in [-0.2, 0) is 38.0 Å². The van der Waals surface area contributed by atoms with Gasteiger partial charge < -0.3 is 38.6 Å². The van der Waals surface area contributed by atoms with Crippen LogP contribution in [0.4, 0.5) is 14.4 Å². The van der Waals surface area contributed by atoms with Crippen molar-refractivity contribution in [3.05, 3.63) is 149 Å². The normalized spacial score (nSPS) is 14.4. The van der Waals surface area contributed by atoms with Gasteiger partial charge in [-0.1, -0.05) is 35.3 Å². The molecular weight excluding hydrogens is 1410 g/mol. The molecule has 0 fully saturated rings. The zero-order valence-corrected chi connectivity index (χ0v) is 54.6. The molecule has 2 N–H and O–H groups in total. The second-order valence-electron chi connectivity index (χ2n) is 17.1. The Morgan fingerprint density at radius 3 is 1.39 bits per heavy atom. The Morgan fingerprint density at radius 1 is 0.614 bits per heavy atom. The number of fused-ring (bicyclic) bond motifs is 6. The zero-order valence-electron chi connectivity index (χ0n) is 46.0. The van der Waals surface area contributed by atoms with Gasteiger partial charge in [-0.3, -0.25) is 38.7 Å². The molecule has 28 heteroatoms. The molecule has 0 bridgehead atoms. The fourth-order valence-corrected chi connectivity index (χ4v) is 9.36. The van der Waals surface area contributed by atoms with Crippen molar-refractivity contribution in [3.8, 4) is 11.4 Å². The third-order valence-corrected chi connectivity index (χ3v) is 14.8. The molecule has 3 unspecified atom stereocenters. The Labute approximate surface area is 528 Å². The summed E-state index contributed by atoms with van der Waals surface area (Å²) >= 11 is 29.6. The average Bonchev–Trinajstić information content (AvgIpc) is 2.82. The molecule has 0 spiro atoms. The lowest BCUT2D eigenvalue weighted by atomic mass is 10.0. The number of aromatic nitrogens is 6. The number of halogens is 7. The highest BCUT2D eigenvalue weighted by Gasteiger charge is 2.31. The first-order chi connectivity index (χ1) is 39.4. The Kier molecular flexibility index (Phi) is 29.3. The van der Waals surface area contributed by atoms with Gasteiger partial charge in [-0.25, -0.2) is 24.4 Å². The lowest BCUT2D eigenvalue weighted by Gasteiger charge is -2.16. The van der Waals surface area contributed by atoms with Crippen molar-refractivity contribution in [2.45, 2.75) is 111 Å². The van der Waals surface area contributed by atoms with Gasteiger partial charge >= 0.3 is 29.7 Å². The van der Waals surface area contributed by atoms with Crippen molar-refractivity contribution in [2.75, 3.05) is 19.8 Å². The van der Waals surface area contributed by atoms with Crippen molar-refractivity contribution in [3.63, 3.8) is 0 Å². The maximum atomic E-state index is 12.5. The number of benzene rings is 2. The SMILES string of the molecule is CC(Cl)OC(=O)Cl.CCO.CCOC(=O)OC(C)Cl.CCOC(=O)OC(C)OC(=O)CC[C@@H]1N=C(c2ccccn2)c2cc(Br)c(Br)cc2-n2c(C)cnc21.Cc1cnc2n1-c1cc(Br)c(Br)cc1C(c1ccccn1)=N[C@H]2CCC(=O)O. The number of rotatable bonds is 14. The van der Waals surface area contributed by atoms with E-state index in [4.69, 9.17) is 64.1 Å². The number of hydrogen-bond donors (Lipinski definition) is 2. The number of imidazole rings is 2. The number of alkyl halides is 2. The number of nitrogens with zero attached hydrogens (tertiary/aromatic N) is 8. The molecule has 0 saturated heterocycles. The number of pyridine rings is 2. The third kappa shape index (κ3) is 21.3. The number of aliphatic imine (C=N–C) groups is 2. The predicted octanol–water partition coefficient (Wildman–Crippen LogP) is 14.4. The van der Waals surface area contributed by atoms with Crippen molar-refractivity contribution in [1.29, 1.82) is 0 Å². The predicted molar refractivity (Wildman–Crippen MR) is 326 cm³/mol. The second-order valence-corrected chi connectivity index (χ2v) is 22.0. The summed E-state index contributed by atoms with van der Waals surface area (Å²) in [5.41, 5.74) is 6.26. The fourth-order valence-electron chi connectivity index (χ4n) is 7.68. The summed E-state index contributed by atoms with van der Waals surface area (Å²) in [6, 6.07) is 18.6. The number of aliphatic hydroxyl groups is 1. The van der Waals surface area contributed by atoms with Crippen molar-refractivity contribution < 1.29 is 62.6 Å². The smallest absolute Gasteiger partial charge is 0.481 e. The van der Waals surface area contributed by atoms with Gasteiger partial charge in [0.1, 0.15) is 23.7 Å². The average molecular weight is 1470 g/mol. The highest BCUT2D eigenvalue weighted by atomic mass is 79.9. The van der Waals surface area contributed by atoms with Crippen LogP contribution in [0.25, 0.3) is 11.4 Å². The number of carboxylic acid groups (broad SMARTS) is 1. The van der Waals surface area contributed by atoms with Crippen molar-refractivity contribution >= 4 is 140 Å². The summed E-state index contributed by atoms with van der Waals surface area (Å²) in [7, 11) is 0. The molecule has 5 atom stereocenters. The molecule has 0 aliphatic carbocycles. The molecule has 0 saturated carbocycles. The van der Waals surface area contributed by atoms with E-state index in [0.717, 1.165) is 69.0 Å². The van der Waals surface area contributed by atoms with Crippen LogP contribution in [-0.4, -0.2) is 118 Å². The van der Waals surface area contributed by atoms with Gasteiger partial charge in [-0.05, 0) is 174 Å². The molecule has 446 valence electrons. The van der Waals surface area contributed by atoms with Gasteiger partial charge in [0.05, 0.1) is 47.4 Å². The minimum atomic E-state index is -1.07. The molecule has 0 amide bonds. The number of carbonyl (C=O) groups excluding carboxylic acids is 4. The van der Waals surface area contributed by atoms with Crippen molar-refractivity contribution in [1.82, 2.24) is 29.1 Å². The van der Waals surface area contributed by atoms with Crippen LogP contribution < -0.4 is 0 Å². The van der Waals surface area contributed by atoms with E-state index in [-0.39, 0.29) is 32.1 Å². The first-order valence-corrected chi connectivity index (χ1v) is 29.8. The molecule has 4 aromatic heterocycles. The van der Waals surface area contributed by atoms with Gasteiger partial charge in [-0.15, -0.1) is 0 Å². The minimum Gasteiger partial charge on any atom is -0.481 e. The number of carbonyl (C=O) groups is 5. The summed E-state index contributed by atoms with van der Waals surface area (Å²) in [4.78, 5) is 83.5. The van der Waals surface area contributed by atoms with Crippen LogP contribution in [0.15, 0.2) is 113 Å². The number of hydrogen-bond acceptors (Lipinski definition) is 18. The number of aryl methyl sites for hydroxylation is 2. The van der Waals surface area contributed by atoms with Gasteiger partial charge in [0.25, 0.3) is 0 Å². The third-order valence-electron chi connectivity index (χ3n) is 10.8. The Balaban J connectivity index is 0.000000276. The second kappa shape index (κ2) is 34.8. The molecule has 0 radical (unpaired) electrons. The lowest BCUT2D eigenvalue weighted by Crippen LogP contribution is -2.22. The van der Waals surface area contributed by atoms with E-state index >= 15 is 0 Å². The monoisotopic (exact) mass is 1460 g/mol. The first-order valence-electron chi connectivity index (χ1n) is 25.3. The molecule has 2 aromatic carbocycles. The number of aliphatic hydroxyl groups excluding tert-OH is 1. The van der Waals surface area contributed by atoms with E-state index < -0.39 is 53.1 Å². The van der Waals surface area contributed by atoms with Crippen molar-refractivity contribution in [2.24, 2.45) is 9.98 Å². The Morgan fingerprint density at radius 2 is 1.02 bits per heavy atom. The van der Waals surface area contributed by atoms with E-state index in [1.54, 1.807) is 52.5 Å². The van der Waals surface area contributed by atoms with Crippen LogP contribution in [0.1, 0.15) is 125 Å². The molecule has 2 aliphatic heterocycles. The van der Waals surface area contributed by atoms with Crippen LogP contribution >= 0.6 is 98.5 Å². The van der Waals surface area contributed by atoms with Gasteiger partial charge in [0.2, 0.25) is 6.29 Å². The first kappa shape index (κ1) is 69.7. The van der Waals surface area contributed by atoms with Gasteiger partial charge in [-0.2, -0.15) is 0 Å². The topological polar surface area (TPSA) is 267 Å². The van der Waals surface area contributed by atoms with E-state index in [2.05, 4.69) is 107 Å². The highest BCUT2D eigenvalue weighted by molar-refractivity contribution is 9.13. The molecule has 6 heterocycles. The summed E-state index contributed by atoms with van der Waals surface area (Å²) in [5, 5.41) is 16.8. The van der Waals surface area contributed by atoms with Crippen LogP contribution in [0.2, 0.25) is 0 Å². The zero-order chi connectivity index (χ0) is 61.5. The summed E-state index contributed by atoms with van der Waals surface area (Å²) < 4.78 is 35.5. The largest absolute Gasteiger partial charge is 0.511 e. The maximum Gasteiger partial charge on any atom is 0.511 e. The molecule has 6 aromatic rings. The molecular formula is C55H59Br4Cl3N8O13. The highest BCUT2D eigenvalue weighted by Crippen LogP contribution is 2.39. The van der Waals surface area contributed by atoms with Gasteiger partial charge in [0.15, 0.2) is 11.1 Å². The lowest BCUT2D eigenvalue weighted by molar-refractivity contribution is -0.168. The number of esters is 1. The quantitative estimate of drug-likeness (QED) is 0.0337. The number of carboxylic acids is 1. The number of ether oxygens (including phenoxy) is 6. The standard InChI is InChI=1S/C25H24Br2N4O5.C20H16Br2N4O2.C5H9ClO3.C3H4Cl2O2.C2H6O/c1-4-34-25(33)36-15(3)35-22(32)9-8-20-24-29-13-14(2)31(24)21-12-18(27)17(26)11-16(21)23(30-20)19-7-5-6-10-28-19;1-11-10-24-20-16(5-6-18(27)28)25-19(15-4-2-3-7-23-15)12-8-13(21)14(22)9-17(12)26(11)20;1-3-8-5(7)9-4(2)6;1-2(4)7-3(5)6;1-2-3/h5-7,10-13,15,20H,4,8-9H2,1-3H3;2-4,7-10,16H,5-6H2,1H3,(H,27,28);4H,3H2,1-2H3;2H,1H3;3H,2H2,1H3/t15?,20-;16-;;;/m00.../s1. The number of aliphatic carboxylic acids is 1. The molecule has 21 nitrogen and oxygen atoms in total.